The summed E-state index contributed by atoms with van der Waals surface area (Å²) in [6.07, 6.45) is 0. The van der Waals surface area contributed by atoms with E-state index in [4.69, 9.17) is 13.9 Å². The Morgan fingerprint density at radius 3 is 2.82 bits per heavy atom. The van der Waals surface area contributed by atoms with Crippen LogP contribution in [0.2, 0.25) is 0 Å². The van der Waals surface area contributed by atoms with Crippen LogP contribution in [-0.4, -0.2) is 46.0 Å². The average molecular weight is 457 g/mol. The molecule has 0 saturated heterocycles. The van der Waals surface area contributed by atoms with Crippen molar-refractivity contribution >= 4 is 22.5 Å². The molecular weight excluding hydrogens is 438 g/mol. The number of carbonyl (C=O) groups is 1. The average Bonchev–Trinajstić information content (AvgIpc) is 3.29. The first-order valence-electron chi connectivity index (χ1n) is 10.4. The Kier molecular flexibility index (Phi) is 5.61. The quantitative estimate of drug-likeness (QED) is 0.293. The summed E-state index contributed by atoms with van der Waals surface area (Å²) in [5.41, 5.74) is 1.02. The largest absolute Gasteiger partial charge is 0.497 e. The molecule has 5 rings (SSSR count). The molecule has 0 bridgehead atoms. The van der Waals surface area contributed by atoms with E-state index in [1.54, 1.807) is 48.0 Å². The van der Waals surface area contributed by atoms with E-state index >= 15 is 0 Å². The molecule has 3 heterocycles. The third kappa shape index (κ3) is 4.16. The number of ether oxygens (including phenoxy) is 2. The number of methoxy groups -OCH3 is 1. The van der Waals surface area contributed by atoms with Crippen LogP contribution in [0.3, 0.4) is 0 Å². The summed E-state index contributed by atoms with van der Waals surface area (Å²) in [6, 6.07) is 19.3. The number of fused-ring (bicyclic) bond motifs is 2. The number of amides is 1. The highest BCUT2D eigenvalue weighted by Crippen LogP contribution is 2.23. The minimum absolute atomic E-state index is 0.0642. The number of aromatic nitrogens is 4. The Hall–Kier alpha value is -4.73. The Bertz CT molecular complexity index is 1560. The monoisotopic (exact) mass is 457 g/mol. The summed E-state index contributed by atoms with van der Waals surface area (Å²) in [5, 5.41) is 16.1. The Labute approximate surface area is 192 Å². The smallest absolute Gasteiger partial charge is 0.349 e. The Morgan fingerprint density at radius 2 is 1.94 bits per heavy atom. The number of nitrogens with one attached hydrogen (secondary N) is 1. The van der Waals surface area contributed by atoms with Gasteiger partial charge in [0.05, 0.1) is 13.7 Å². The summed E-state index contributed by atoms with van der Waals surface area (Å²) in [4.78, 5) is 24.6. The van der Waals surface area contributed by atoms with Gasteiger partial charge >= 0.3 is 5.63 Å². The highest BCUT2D eigenvalue weighted by atomic mass is 16.5. The number of benzene rings is 2. The maximum absolute atomic E-state index is 12.4. The molecule has 34 heavy (non-hydrogen) atoms. The predicted octanol–water partition coefficient (Wildman–Crippen LogP) is 2.72. The zero-order valence-electron chi connectivity index (χ0n) is 18.1. The van der Waals surface area contributed by atoms with Crippen molar-refractivity contribution < 1.29 is 18.7 Å². The van der Waals surface area contributed by atoms with Gasteiger partial charge in [0.2, 0.25) is 5.88 Å². The van der Waals surface area contributed by atoms with Crippen LogP contribution in [0.15, 0.2) is 75.9 Å². The maximum atomic E-state index is 12.4. The van der Waals surface area contributed by atoms with Gasteiger partial charge in [-0.1, -0.05) is 30.3 Å². The van der Waals surface area contributed by atoms with E-state index in [1.807, 2.05) is 24.3 Å². The van der Waals surface area contributed by atoms with E-state index in [1.165, 1.54) is 6.07 Å². The van der Waals surface area contributed by atoms with Crippen LogP contribution < -0.4 is 20.4 Å². The number of hydrogen-bond acceptors (Lipinski definition) is 8. The zero-order chi connectivity index (χ0) is 23.5. The van der Waals surface area contributed by atoms with Crippen LogP contribution in [-0.2, 0) is 0 Å². The number of nitrogens with zero attached hydrogens (tertiary/aromatic N) is 4. The number of para-hydroxylation sites is 1. The molecule has 5 aromatic rings. The Morgan fingerprint density at radius 1 is 1.06 bits per heavy atom. The van der Waals surface area contributed by atoms with E-state index in [9.17, 15) is 9.59 Å². The molecule has 1 N–H and O–H groups in total. The van der Waals surface area contributed by atoms with Crippen molar-refractivity contribution in [3.05, 3.63) is 82.7 Å². The van der Waals surface area contributed by atoms with Crippen molar-refractivity contribution in [2.75, 3.05) is 20.3 Å². The molecule has 2 aromatic carbocycles. The summed E-state index contributed by atoms with van der Waals surface area (Å²) in [7, 11) is 1.59. The predicted molar refractivity (Wildman–Crippen MR) is 123 cm³/mol. The summed E-state index contributed by atoms with van der Waals surface area (Å²) in [6.45, 7) is 0.301. The molecule has 0 aliphatic rings. The van der Waals surface area contributed by atoms with E-state index in [2.05, 4.69) is 20.6 Å². The molecule has 170 valence electrons. The van der Waals surface area contributed by atoms with Gasteiger partial charge in [-0.25, -0.2) is 4.79 Å². The molecular formula is C24H19N5O5. The van der Waals surface area contributed by atoms with Gasteiger partial charge in [0.25, 0.3) is 5.91 Å². The third-order valence-electron chi connectivity index (χ3n) is 5.09. The van der Waals surface area contributed by atoms with E-state index in [0.717, 1.165) is 5.56 Å². The standard InChI is InChI=1S/C24H19N5O5/c1-32-17-7-4-6-16(13-17)22-27-26-20-9-10-21(28-29(20)22)33-12-11-25-23(30)18-14-15-5-2-3-8-19(15)34-24(18)31/h2-10,13-14H,11-12H2,1H3,(H,25,30). The molecule has 0 atom stereocenters. The second-order valence-electron chi connectivity index (χ2n) is 7.29. The second kappa shape index (κ2) is 9.02. The zero-order valence-corrected chi connectivity index (χ0v) is 18.1. The van der Waals surface area contributed by atoms with Gasteiger partial charge in [0.1, 0.15) is 23.5 Å². The van der Waals surface area contributed by atoms with Gasteiger partial charge in [0, 0.05) is 17.0 Å². The molecule has 0 unspecified atom stereocenters. The lowest BCUT2D eigenvalue weighted by molar-refractivity contribution is 0.0943. The lowest BCUT2D eigenvalue weighted by atomic mass is 10.2. The minimum Gasteiger partial charge on any atom is -0.497 e. The highest BCUT2D eigenvalue weighted by molar-refractivity contribution is 5.96. The van der Waals surface area contributed by atoms with Crippen LogP contribution >= 0.6 is 0 Å². The SMILES string of the molecule is COc1cccc(-c2nnc3ccc(OCCNC(=O)c4cc5ccccc5oc4=O)nn23)c1. The second-order valence-corrected chi connectivity index (χ2v) is 7.29. The van der Waals surface area contributed by atoms with Gasteiger partial charge < -0.3 is 19.2 Å². The fourth-order valence-electron chi connectivity index (χ4n) is 3.43. The van der Waals surface area contributed by atoms with Crippen molar-refractivity contribution in [3.63, 3.8) is 0 Å². The first kappa shape index (κ1) is 21.1. The van der Waals surface area contributed by atoms with E-state index < -0.39 is 11.5 Å². The summed E-state index contributed by atoms with van der Waals surface area (Å²) < 4.78 is 17.7. The lowest BCUT2D eigenvalue weighted by Crippen LogP contribution is -2.31. The molecule has 10 heteroatoms. The van der Waals surface area contributed by atoms with Crippen LogP contribution in [0.25, 0.3) is 28.0 Å². The summed E-state index contributed by atoms with van der Waals surface area (Å²) in [5.74, 6) is 1.02. The topological polar surface area (TPSA) is 121 Å². The van der Waals surface area contributed by atoms with Gasteiger partial charge in [-0.3, -0.25) is 4.79 Å². The van der Waals surface area contributed by atoms with Crippen molar-refractivity contribution in [2.45, 2.75) is 0 Å². The van der Waals surface area contributed by atoms with Crippen molar-refractivity contribution in [1.29, 1.82) is 0 Å². The summed E-state index contributed by atoms with van der Waals surface area (Å²) >= 11 is 0. The molecule has 0 aliphatic heterocycles. The lowest BCUT2D eigenvalue weighted by Gasteiger charge is -2.08. The highest BCUT2D eigenvalue weighted by Gasteiger charge is 2.14. The molecule has 10 nitrogen and oxygen atoms in total. The van der Waals surface area contributed by atoms with Crippen LogP contribution in [0, 0.1) is 0 Å². The number of hydrogen-bond donors (Lipinski definition) is 1. The fraction of sp³-hybridized carbons (Fsp3) is 0.125. The molecule has 0 radical (unpaired) electrons. The number of rotatable bonds is 7. The van der Waals surface area contributed by atoms with Crippen molar-refractivity contribution in [2.24, 2.45) is 0 Å². The minimum atomic E-state index is -0.693. The number of carbonyl (C=O) groups excluding carboxylic acids is 1. The Balaban J connectivity index is 1.25. The van der Waals surface area contributed by atoms with Crippen LogP contribution in [0.5, 0.6) is 11.6 Å². The molecule has 0 spiro atoms. The first-order chi connectivity index (χ1) is 16.6. The molecule has 1 amide bonds. The van der Waals surface area contributed by atoms with Gasteiger partial charge in [-0.2, -0.15) is 4.52 Å². The molecule has 3 aromatic heterocycles. The molecule has 0 fully saturated rings. The first-order valence-corrected chi connectivity index (χ1v) is 10.4. The molecule has 0 aliphatic carbocycles. The van der Waals surface area contributed by atoms with Crippen molar-refractivity contribution in [3.8, 4) is 23.0 Å². The third-order valence-corrected chi connectivity index (χ3v) is 5.09. The fourth-order valence-corrected chi connectivity index (χ4v) is 3.43. The van der Waals surface area contributed by atoms with Gasteiger partial charge in [0.15, 0.2) is 11.5 Å². The van der Waals surface area contributed by atoms with E-state index in [-0.39, 0.29) is 18.7 Å². The normalized spacial score (nSPS) is 11.0. The van der Waals surface area contributed by atoms with E-state index in [0.29, 0.717) is 34.1 Å². The van der Waals surface area contributed by atoms with Gasteiger partial charge in [-0.15, -0.1) is 15.3 Å². The van der Waals surface area contributed by atoms with Gasteiger partial charge in [-0.05, 0) is 30.3 Å². The maximum Gasteiger partial charge on any atom is 0.349 e. The van der Waals surface area contributed by atoms with Crippen molar-refractivity contribution in [1.82, 2.24) is 25.1 Å². The van der Waals surface area contributed by atoms with Crippen LogP contribution in [0.1, 0.15) is 10.4 Å². The van der Waals surface area contributed by atoms with Crippen LogP contribution in [0.4, 0.5) is 0 Å². The molecule has 0 saturated carbocycles.